The van der Waals surface area contributed by atoms with E-state index in [-0.39, 0.29) is 19.4 Å². The summed E-state index contributed by atoms with van der Waals surface area (Å²) < 4.78 is 9.70. The number of rotatable bonds is 3. The molecule has 15 heavy (non-hydrogen) atoms. The molecule has 0 aromatic rings. The lowest BCUT2D eigenvalue weighted by Gasteiger charge is -2.35. The molecule has 0 amide bonds. The summed E-state index contributed by atoms with van der Waals surface area (Å²) in [5.74, 6) is -0.580. The van der Waals surface area contributed by atoms with Crippen molar-refractivity contribution in [2.45, 2.75) is 37.3 Å². The molecule has 1 aliphatic rings. The highest BCUT2D eigenvalue weighted by Gasteiger charge is 2.39. The molecule has 0 aliphatic carbocycles. The van der Waals surface area contributed by atoms with Crippen LogP contribution in [0.15, 0.2) is 0 Å². The molecule has 88 valence electrons. The fraction of sp³-hybridized carbons (Fsp3) is 0.889. The zero-order valence-corrected chi connectivity index (χ0v) is 8.50. The second kappa shape index (κ2) is 5.41. The predicted molar refractivity (Wildman–Crippen MR) is 49.0 cm³/mol. The summed E-state index contributed by atoms with van der Waals surface area (Å²) >= 11 is 0. The van der Waals surface area contributed by atoms with Gasteiger partial charge in [0.15, 0.2) is 6.10 Å². The molecular formula is C9H16O6. The number of ether oxygens (including phenoxy) is 2. The molecule has 4 atom stereocenters. The second-order valence-corrected chi connectivity index (χ2v) is 3.49. The summed E-state index contributed by atoms with van der Waals surface area (Å²) in [5.41, 5.74) is 0. The predicted octanol–water partition coefficient (Wildman–Crippen LogP) is -1.58. The first-order chi connectivity index (χ1) is 7.10. The van der Waals surface area contributed by atoms with E-state index in [9.17, 15) is 15.0 Å². The fourth-order valence-electron chi connectivity index (χ4n) is 1.60. The molecule has 4 unspecified atom stereocenters. The molecule has 3 N–H and O–H groups in total. The highest BCUT2D eigenvalue weighted by atomic mass is 16.6. The van der Waals surface area contributed by atoms with Crippen molar-refractivity contribution in [1.29, 1.82) is 0 Å². The van der Waals surface area contributed by atoms with Gasteiger partial charge in [0.25, 0.3) is 0 Å². The minimum Gasteiger partial charge on any atom is -0.467 e. The van der Waals surface area contributed by atoms with Gasteiger partial charge in [0.1, 0.15) is 6.10 Å². The molecule has 1 fully saturated rings. The van der Waals surface area contributed by atoms with Gasteiger partial charge in [0, 0.05) is 13.0 Å². The van der Waals surface area contributed by atoms with Gasteiger partial charge in [-0.25, -0.2) is 4.79 Å². The van der Waals surface area contributed by atoms with E-state index in [1.54, 1.807) is 0 Å². The SMILES string of the molecule is COC(=O)C1CC(O)C(O)C(CCO)O1. The van der Waals surface area contributed by atoms with Crippen molar-refractivity contribution in [2.75, 3.05) is 13.7 Å². The van der Waals surface area contributed by atoms with Crippen LogP contribution >= 0.6 is 0 Å². The first kappa shape index (κ1) is 12.4. The number of hydrogen-bond donors (Lipinski definition) is 3. The van der Waals surface area contributed by atoms with E-state index in [2.05, 4.69) is 4.74 Å². The first-order valence-electron chi connectivity index (χ1n) is 4.80. The van der Waals surface area contributed by atoms with Gasteiger partial charge in [-0.1, -0.05) is 0 Å². The highest BCUT2D eigenvalue weighted by molar-refractivity contribution is 5.74. The van der Waals surface area contributed by atoms with Crippen LogP contribution in [-0.2, 0) is 14.3 Å². The van der Waals surface area contributed by atoms with E-state index in [0.29, 0.717) is 0 Å². The number of carbonyl (C=O) groups is 1. The van der Waals surface area contributed by atoms with Crippen LogP contribution in [-0.4, -0.2) is 59.4 Å². The molecule has 0 aromatic heterocycles. The molecule has 0 bridgehead atoms. The van der Waals surface area contributed by atoms with Gasteiger partial charge in [-0.3, -0.25) is 0 Å². The molecule has 6 heteroatoms. The molecule has 1 saturated heterocycles. The largest absolute Gasteiger partial charge is 0.467 e. The van der Waals surface area contributed by atoms with Crippen molar-refractivity contribution in [2.24, 2.45) is 0 Å². The lowest BCUT2D eigenvalue weighted by Crippen LogP contribution is -2.51. The quantitative estimate of drug-likeness (QED) is 0.497. The molecule has 6 nitrogen and oxygen atoms in total. The smallest absolute Gasteiger partial charge is 0.335 e. The summed E-state index contributed by atoms with van der Waals surface area (Å²) in [5, 5.41) is 27.7. The molecular weight excluding hydrogens is 204 g/mol. The van der Waals surface area contributed by atoms with Crippen molar-refractivity contribution in [3.63, 3.8) is 0 Å². The van der Waals surface area contributed by atoms with Crippen LogP contribution < -0.4 is 0 Å². The van der Waals surface area contributed by atoms with Gasteiger partial charge in [-0.2, -0.15) is 0 Å². The van der Waals surface area contributed by atoms with Crippen molar-refractivity contribution in [1.82, 2.24) is 0 Å². The van der Waals surface area contributed by atoms with Gasteiger partial charge >= 0.3 is 5.97 Å². The van der Waals surface area contributed by atoms with Crippen LogP contribution in [0.25, 0.3) is 0 Å². The van der Waals surface area contributed by atoms with Gasteiger partial charge < -0.3 is 24.8 Å². The maximum Gasteiger partial charge on any atom is 0.335 e. The molecule has 0 aromatic carbocycles. The standard InChI is InChI=1S/C9H16O6/c1-14-9(13)7-4-5(11)8(12)6(15-7)2-3-10/h5-8,10-12H,2-4H2,1H3. The van der Waals surface area contributed by atoms with Crippen LogP contribution in [0.1, 0.15) is 12.8 Å². The van der Waals surface area contributed by atoms with Crippen LogP contribution in [0, 0.1) is 0 Å². The number of methoxy groups -OCH3 is 1. The molecule has 0 radical (unpaired) electrons. The molecule has 0 spiro atoms. The Morgan fingerprint density at radius 3 is 2.73 bits per heavy atom. The van der Waals surface area contributed by atoms with Gasteiger partial charge in [-0.15, -0.1) is 0 Å². The molecule has 1 rings (SSSR count). The van der Waals surface area contributed by atoms with E-state index < -0.39 is 30.4 Å². The van der Waals surface area contributed by atoms with Crippen molar-refractivity contribution < 1.29 is 29.6 Å². The Morgan fingerprint density at radius 2 is 2.20 bits per heavy atom. The van der Waals surface area contributed by atoms with Crippen molar-refractivity contribution in [3.05, 3.63) is 0 Å². The Hall–Kier alpha value is -0.690. The number of esters is 1. The van der Waals surface area contributed by atoms with Crippen LogP contribution in [0.3, 0.4) is 0 Å². The third kappa shape index (κ3) is 2.88. The molecule has 0 saturated carbocycles. The van der Waals surface area contributed by atoms with Crippen LogP contribution in [0.2, 0.25) is 0 Å². The van der Waals surface area contributed by atoms with E-state index in [1.807, 2.05) is 0 Å². The summed E-state index contributed by atoms with van der Waals surface area (Å²) in [7, 11) is 1.23. The molecule has 1 heterocycles. The summed E-state index contributed by atoms with van der Waals surface area (Å²) in [6, 6.07) is 0. The highest BCUT2D eigenvalue weighted by Crippen LogP contribution is 2.23. The average Bonchev–Trinajstić information content (AvgIpc) is 2.23. The van der Waals surface area contributed by atoms with Crippen LogP contribution in [0.4, 0.5) is 0 Å². The number of aliphatic hydroxyl groups excluding tert-OH is 3. The Kier molecular flexibility index (Phi) is 4.46. The zero-order valence-electron chi connectivity index (χ0n) is 8.50. The number of carbonyl (C=O) groups excluding carboxylic acids is 1. The number of aliphatic hydroxyl groups is 3. The Labute approximate surface area is 87.4 Å². The van der Waals surface area contributed by atoms with Crippen LogP contribution in [0.5, 0.6) is 0 Å². The average molecular weight is 220 g/mol. The topological polar surface area (TPSA) is 96.2 Å². The normalized spacial score (nSPS) is 36.3. The number of hydrogen-bond acceptors (Lipinski definition) is 6. The van der Waals surface area contributed by atoms with E-state index in [4.69, 9.17) is 9.84 Å². The summed E-state index contributed by atoms with van der Waals surface area (Å²) in [4.78, 5) is 11.2. The van der Waals surface area contributed by atoms with E-state index in [0.717, 1.165) is 0 Å². The molecule has 1 aliphatic heterocycles. The second-order valence-electron chi connectivity index (χ2n) is 3.49. The first-order valence-corrected chi connectivity index (χ1v) is 4.80. The minimum absolute atomic E-state index is 0.00969. The Balaban J connectivity index is 2.61. The third-order valence-corrected chi connectivity index (χ3v) is 2.45. The van der Waals surface area contributed by atoms with Crippen molar-refractivity contribution in [3.8, 4) is 0 Å². The monoisotopic (exact) mass is 220 g/mol. The Morgan fingerprint density at radius 1 is 1.53 bits per heavy atom. The summed E-state index contributed by atoms with van der Waals surface area (Å²) in [6.07, 6.45) is -3.52. The fourth-order valence-corrected chi connectivity index (χ4v) is 1.60. The van der Waals surface area contributed by atoms with Gasteiger partial charge in [-0.05, 0) is 6.42 Å². The van der Waals surface area contributed by atoms with Gasteiger partial charge in [0.05, 0.1) is 19.3 Å². The summed E-state index contributed by atoms with van der Waals surface area (Å²) in [6.45, 7) is -0.178. The van der Waals surface area contributed by atoms with Gasteiger partial charge in [0.2, 0.25) is 0 Å². The maximum absolute atomic E-state index is 11.2. The maximum atomic E-state index is 11.2. The van der Waals surface area contributed by atoms with E-state index in [1.165, 1.54) is 7.11 Å². The third-order valence-electron chi connectivity index (χ3n) is 2.45. The lowest BCUT2D eigenvalue weighted by molar-refractivity contribution is -0.194. The van der Waals surface area contributed by atoms with Crippen molar-refractivity contribution >= 4 is 5.97 Å². The Bertz CT molecular complexity index is 219. The zero-order chi connectivity index (χ0) is 11.4. The van der Waals surface area contributed by atoms with E-state index >= 15 is 0 Å². The lowest BCUT2D eigenvalue weighted by atomic mass is 9.96. The minimum atomic E-state index is -1.07.